The summed E-state index contributed by atoms with van der Waals surface area (Å²) in [6.07, 6.45) is 2.49. The summed E-state index contributed by atoms with van der Waals surface area (Å²) in [6, 6.07) is 19.4. The molecule has 0 fully saturated rings. The quantitative estimate of drug-likeness (QED) is 0.237. The molecule has 0 unspecified atom stereocenters. The molecule has 0 N–H and O–H groups in total. The van der Waals surface area contributed by atoms with Gasteiger partial charge in [-0.25, -0.2) is 9.79 Å². The molecule has 3 heterocycles. The van der Waals surface area contributed by atoms with Crippen LogP contribution in [0.4, 0.5) is 0 Å². The molecule has 0 amide bonds. The monoisotopic (exact) mass is 623 g/mol. The third-order valence-electron chi connectivity index (χ3n) is 6.61. The van der Waals surface area contributed by atoms with Crippen molar-refractivity contribution < 1.29 is 9.53 Å². The molecule has 0 saturated carbocycles. The maximum Gasteiger partial charge on any atom is 0.338 e. The van der Waals surface area contributed by atoms with Gasteiger partial charge in [0.1, 0.15) is 0 Å². The summed E-state index contributed by atoms with van der Waals surface area (Å²) in [7, 11) is 1.36. The third-order valence-corrected chi connectivity index (χ3v) is 8.31. The maximum absolute atomic E-state index is 13.9. The first-order valence-electron chi connectivity index (χ1n) is 12.0. The number of hydrogen-bond donors (Lipinski definition) is 0. The molecule has 4 aromatic rings. The molecule has 5 rings (SSSR count). The minimum atomic E-state index is -0.596. The van der Waals surface area contributed by atoms with E-state index in [1.165, 1.54) is 22.0 Å². The van der Waals surface area contributed by atoms with Gasteiger partial charge in [-0.05, 0) is 90.4 Å². The number of ether oxygens (including phenoxy) is 1. The van der Waals surface area contributed by atoms with Crippen LogP contribution in [0.5, 0.6) is 0 Å². The standard InChI is InChI=1S/C29H26IN3O3S/c1-5-23-25(28(35)36-4)26(19-9-7-6-8-10-19)33-27(34)24(37-29(33)31-23)16-20-15-17(2)32(18(20)3)22-13-11-21(30)12-14-22/h6-16,26H,5H2,1-4H3/b24-16+/t26-/m1/s1. The lowest BCUT2D eigenvalue weighted by Gasteiger charge is -2.25. The van der Waals surface area contributed by atoms with E-state index in [2.05, 4.69) is 71.3 Å². The lowest BCUT2D eigenvalue weighted by molar-refractivity contribution is -0.136. The van der Waals surface area contributed by atoms with Crippen molar-refractivity contribution in [3.05, 3.63) is 118 Å². The summed E-state index contributed by atoms with van der Waals surface area (Å²) in [5, 5.41) is 0. The molecule has 37 heavy (non-hydrogen) atoms. The van der Waals surface area contributed by atoms with Gasteiger partial charge in [0.25, 0.3) is 5.56 Å². The van der Waals surface area contributed by atoms with Crippen LogP contribution >= 0.6 is 33.9 Å². The van der Waals surface area contributed by atoms with E-state index in [4.69, 9.17) is 9.73 Å². The van der Waals surface area contributed by atoms with Gasteiger partial charge in [-0.15, -0.1) is 0 Å². The number of allylic oxidation sites excluding steroid dienone is 1. The first-order valence-corrected chi connectivity index (χ1v) is 13.9. The number of carbonyl (C=O) groups excluding carboxylic acids is 1. The number of methoxy groups -OCH3 is 1. The Morgan fingerprint density at radius 3 is 2.49 bits per heavy atom. The van der Waals surface area contributed by atoms with Crippen LogP contribution in [0.1, 0.15) is 41.9 Å². The number of nitrogens with zero attached hydrogens (tertiary/aromatic N) is 3. The molecule has 0 spiro atoms. The molecule has 188 valence electrons. The molecule has 1 atom stereocenters. The fourth-order valence-corrected chi connectivity index (χ4v) is 6.25. The first-order chi connectivity index (χ1) is 17.8. The van der Waals surface area contributed by atoms with E-state index < -0.39 is 12.0 Å². The Morgan fingerprint density at radius 2 is 1.84 bits per heavy atom. The Morgan fingerprint density at radius 1 is 1.14 bits per heavy atom. The van der Waals surface area contributed by atoms with Gasteiger partial charge < -0.3 is 9.30 Å². The van der Waals surface area contributed by atoms with Crippen LogP contribution in [0.15, 0.2) is 81.7 Å². The highest BCUT2D eigenvalue weighted by Crippen LogP contribution is 2.31. The van der Waals surface area contributed by atoms with Crippen LogP contribution in [0.25, 0.3) is 11.8 Å². The van der Waals surface area contributed by atoms with Crippen LogP contribution < -0.4 is 14.9 Å². The number of hydrogen-bond acceptors (Lipinski definition) is 5. The van der Waals surface area contributed by atoms with Crippen molar-refractivity contribution >= 4 is 46.0 Å². The lowest BCUT2D eigenvalue weighted by Crippen LogP contribution is -2.40. The molecule has 2 aromatic carbocycles. The molecule has 2 aromatic heterocycles. The van der Waals surface area contributed by atoms with Gasteiger partial charge >= 0.3 is 5.97 Å². The highest BCUT2D eigenvalue weighted by molar-refractivity contribution is 14.1. The fourth-order valence-electron chi connectivity index (χ4n) is 4.88. The Kier molecular flexibility index (Phi) is 7.04. The number of aryl methyl sites for hydroxylation is 1. The number of carbonyl (C=O) groups is 1. The van der Waals surface area contributed by atoms with Crippen molar-refractivity contribution in [1.29, 1.82) is 0 Å². The molecule has 1 aliphatic heterocycles. The molecule has 1 aliphatic rings. The zero-order valence-electron chi connectivity index (χ0n) is 21.0. The van der Waals surface area contributed by atoms with Crippen LogP contribution in [0.2, 0.25) is 0 Å². The van der Waals surface area contributed by atoms with Gasteiger partial charge in [-0.3, -0.25) is 9.36 Å². The van der Waals surface area contributed by atoms with Crippen molar-refractivity contribution in [2.45, 2.75) is 33.2 Å². The third kappa shape index (κ3) is 4.53. The van der Waals surface area contributed by atoms with Gasteiger partial charge in [-0.1, -0.05) is 48.6 Å². The van der Waals surface area contributed by atoms with Crippen molar-refractivity contribution in [3.63, 3.8) is 0 Å². The minimum absolute atomic E-state index is 0.173. The summed E-state index contributed by atoms with van der Waals surface area (Å²) in [4.78, 5) is 32.1. The molecule has 6 nitrogen and oxygen atoms in total. The van der Waals surface area contributed by atoms with Crippen LogP contribution in [-0.4, -0.2) is 22.2 Å². The first kappa shape index (κ1) is 25.4. The Hall–Kier alpha value is -3.24. The summed E-state index contributed by atoms with van der Waals surface area (Å²) >= 11 is 3.65. The minimum Gasteiger partial charge on any atom is -0.466 e. The highest BCUT2D eigenvalue weighted by Gasteiger charge is 2.33. The smallest absolute Gasteiger partial charge is 0.338 e. The van der Waals surface area contributed by atoms with E-state index in [0.29, 0.717) is 27.0 Å². The predicted molar refractivity (Wildman–Crippen MR) is 155 cm³/mol. The van der Waals surface area contributed by atoms with Crippen molar-refractivity contribution in [2.75, 3.05) is 7.11 Å². The number of halogens is 1. The van der Waals surface area contributed by atoms with Gasteiger partial charge in [-0.2, -0.15) is 0 Å². The second-order valence-corrected chi connectivity index (χ2v) is 11.1. The summed E-state index contributed by atoms with van der Waals surface area (Å²) in [6.45, 7) is 6.08. The molecule has 0 radical (unpaired) electrons. The number of esters is 1. The van der Waals surface area contributed by atoms with E-state index >= 15 is 0 Å². The average Bonchev–Trinajstić information content (AvgIpc) is 3.37. The average molecular weight is 624 g/mol. The summed E-state index contributed by atoms with van der Waals surface area (Å²) < 4.78 is 10.7. The summed E-state index contributed by atoms with van der Waals surface area (Å²) in [5.74, 6) is -0.468. The van der Waals surface area contributed by atoms with Crippen LogP contribution in [0, 0.1) is 17.4 Å². The molecule has 0 saturated heterocycles. The number of aromatic nitrogens is 2. The number of benzene rings is 2. The number of fused-ring (bicyclic) bond motifs is 1. The van der Waals surface area contributed by atoms with Crippen molar-refractivity contribution in [1.82, 2.24) is 9.13 Å². The van der Waals surface area contributed by atoms with Gasteiger partial charge in [0, 0.05) is 20.6 Å². The van der Waals surface area contributed by atoms with Crippen LogP contribution in [-0.2, 0) is 9.53 Å². The van der Waals surface area contributed by atoms with Crippen molar-refractivity contribution in [3.8, 4) is 5.69 Å². The fraction of sp³-hybridized carbons (Fsp3) is 0.207. The number of rotatable bonds is 5. The SMILES string of the molecule is CCC1=C(C(=O)OC)[C@@H](c2ccccc2)n2c(s/c(=C/c3cc(C)n(-c4ccc(I)cc4)c3C)c2=O)=N1. The predicted octanol–water partition coefficient (Wildman–Crippen LogP) is 4.81. The van der Waals surface area contributed by atoms with Crippen molar-refractivity contribution in [2.24, 2.45) is 4.99 Å². The van der Waals surface area contributed by atoms with E-state index in [0.717, 1.165) is 28.2 Å². The molecular formula is C29H26IN3O3S. The van der Waals surface area contributed by atoms with E-state index in [1.54, 1.807) is 4.57 Å². The maximum atomic E-state index is 13.9. The Balaban J connectivity index is 1.71. The molecule has 8 heteroatoms. The Labute approximate surface area is 232 Å². The highest BCUT2D eigenvalue weighted by atomic mass is 127. The normalized spacial score (nSPS) is 15.5. The number of thiazole rings is 1. The second-order valence-electron chi connectivity index (χ2n) is 8.84. The molecular weight excluding hydrogens is 597 g/mol. The largest absolute Gasteiger partial charge is 0.466 e. The molecule has 0 aliphatic carbocycles. The van der Waals surface area contributed by atoms with Crippen LogP contribution in [0.3, 0.4) is 0 Å². The Bertz CT molecular complexity index is 1710. The van der Waals surface area contributed by atoms with Gasteiger partial charge in [0.15, 0.2) is 4.80 Å². The van der Waals surface area contributed by atoms with Gasteiger partial charge in [0.05, 0.1) is 29.0 Å². The molecule has 0 bridgehead atoms. The van der Waals surface area contributed by atoms with Gasteiger partial charge in [0.2, 0.25) is 0 Å². The van der Waals surface area contributed by atoms with E-state index in [1.807, 2.05) is 43.3 Å². The topological polar surface area (TPSA) is 65.6 Å². The summed E-state index contributed by atoms with van der Waals surface area (Å²) in [5.41, 5.74) is 5.91. The zero-order valence-corrected chi connectivity index (χ0v) is 24.0. The van der Waals surface area contributed by atoms with E-state index in [-0.39, 0.29) is 5.56 Å². The lowest BCUT2D eigenvalue weighted by atomic mass is 9.95. The zero-order chi connectivity index (χ0) is 26.3. The van der Waals surface area contributed by atoms with E-state index in [9.17, 15) is 9.59 Å². The second kappa shape index (κ2) is 10.3.